The summed E-state index contributed by atoms with van der Waals surface area (Å²) >= 11 is 3.17. The van der Waals surface area contributed by atoms with Crippen molar-refractivity contribution < 1.29 is 4.39 Å². The quantitative estimate of drug-likeness (QED) is 0.846. The second-order valence-corrected chi connectivity index (χ2v) is 5.50. The molecule has 1 aliphatic rings. The van der Waals surface area contributed by atoms with Gasteiger partial charge in [0.25, 0.3) is 0 Å². The van der Waals surface area contributed by atoms with Gasteiger partial charge in [0.15, 0.2) is 0 Å². The van der Waals surface area contributed by atoms with Crippen LogP contribution < -0.4 is 0 Å². The molecule has 1 aromatic carbocycles. The Hall–Kier alpha value is -0.450. The van der Waals surface area contributed by atoms with Gasteiger partial charge in [-0.25, -0.2) is 4.39 Å². The Kier molecular flexibility index (Phi) is 4.54. The van der Waals surface area contributed by atoms with Gasteiger partial charge < -0.3 is 9.80 Å². The van der Waals surface area contributed by atoms with Gasteiger partial charge in [-0.05, 0) is 47.1 Å². The first kappa shape index (κ1) is 13.0. The Morgan fingerprint density at radius 1 is 1.24 bits per heavy atom. The monoisotopic (exact) mass is 300 g/mol. The van der Waals surface area contributed by atoms with Gasteiger partial charge in [0.2, 0.25) is 0 Å². The van der Waals surface area contributed by atoms with Gasteiger partial charge in [0, 0.05) is 32.7 Å². The second kappa shape index (κ2) is 5.94. The SMILES string of the molecule is CN1CCN(CCc2ccc(Br)c(F)c2)CC1. The molecule has 1 heterocycles. The summed E-state index contributed by atoms with van der Waals surface area (Å²) in [7, 11) is 2.15. The van der Waals surface area contributed by atoms with E-state index in [0.717, 1.165) is 44.7 Å². The van der Waals surface area contributed by atoms with E-state index in [1.54, 1.807) is 12.1 Å². The lowest BCUT2D eigenvalue weighted by Gasteiger charge is -2.32. The minimum Gasteiger partial charge on any atom is -0.304 e. The third-order valence-electron chi connectivity index (χ3n) is 3.30. The van der Waals surface area contributed by atoms with Crippen molar-refractivity contribution in [1.29, 1.82) is 0 Å². The lowest BCUT2D eigenvalue weighted by atomic mass is 10.1. The molecule has 0 unspecified atom stereocenters. The van der Waals surface area contributed by atoms with Gasteiger partial charge in [0.05, 0.1) is 4.47 Å². The van der Waals surface area contributed by atoms with Gasteiger partial charge in [-0.2, -0.15) is 0 Å². The second-order valence-electron chi connectivity index (χ2n) is 4.64. The predicted molar refractivity (Wildman–Crippen MR) is 71.7 cm³/mol. The van der Waals surface area contributed by atoms with Crippen LogP contribution in [0.15, 0.2) is 22.7 Å². The van der Waals surface area contributed by atoms with Crippen LogP contribution in [-0.4, -0.2) is 49.6 Å². The molecule has 4 heteroatoms. The van der Waals surface area contributed by atoms with Crippen LogP contribution in [0.25, 0.3) is 0 Å². The zero-order valence-corrected chi connectivity index (χ0v) is 11.7. The van der Waals surface area contributed by atoms with Gasteiger partial charge >= 0.3 is 0 Å². The maximum Gasteiger partial charge on any atom is 0.137 e. The van der Waals surface area contributed by atoms with Crippen molar-refractivity contribution >= 4 is 15.9 Å². The van der Waals surface area contributed by atoms with Crippen molar-refractivity contribution in [2.24, 2.45) is 0 Å². The molecular formula is C13H18BrFN2. The van der Waals surface area contributed by atoms with E-state index in [1.807, 2.05) is 6.07 Å². The van der Waals surface area contributed by atoms with Crippen LogP contribution in [0.2, 0.25) is 0 Å². The minimum atomic E-state index is -0.166. The number of piperazine rings is 1. The van der Waals surface area contributed by atoms with Crippen LogP contribution in [0.1, 0.15) is 5.56 Å². The fourth-order valence-electron chi connectivity index (χ4n) is 2.05. The first-order chi connectivity index (χ1) is 8.15. The summed E-state index contributed by atoms with van der Waals surface area (Å²) in [6, 6.07) is 5.40. The van der Waals surface area contributed by atoms with Gasteiger partial charge in [0.1, 0.15) is 5.82 Å². The Morgan fingerprint density at radius 2 is 1.94 bits per heavy atom. The third kappa shape index (κ3) is 3.76. The van der Waals surface area contributed by atoms with Crippen LogP contribution in [0.5, 0.6) is 0 Å². The molecule has 0 amide bonds. The van der Waals surface area contributed by atoms with E-state index in [1.165, 1.54) is 0 Å². The van der Waals surface area contributed by atoms with E-state index in [-0.39, 0.29) is 5.82 Å². The molecule has 0 radical (unpaired) electrons. The average Bonchev–Trinajstić information content (AvgIpc) is 2.33. The molecule has 1 saturated heterocycles. The van der Waals surface area contributed by atoms with Gasteiger partial charge in [-0.3, -0.25) is 0 Å². The number of rotatable bonds is 3. The standard InChI is InChI=1S/C13H18BrFN2/c1-16-6-8-17(9-7-16)5-4-11-2-3-12(14)13(15)10-11/h2-3,10H,4-9H2,1H3. The molecule has 1 aromatic rings. The van der Waals surface area contributed by atoms with E-state index in [0.29, 0.717) is 4.47 Å². The molecule has 2 nitrogen and oxygen atoms in total. The first-order valence-electron chi connectivity index (χ1n) is 6.00. The molecule has 0 bridgehead atoms. The summed E-state index contributed by atoms with van der Waals surface area (Å²) in [5, 5.41) is 0. The Bertz CT molecular complexity index is 376. The van der Waals surface area contributed by atoms with Crippen molar-refractivity contribution in [3.05, 3.63) is 34.1 Å². The highest BCUT2D eigenvalue weighted by Gasteiger charge is 2.13. The lowest BCUT2D eigenvalue weighted by molar-refractivity contribution is 0.155. The molecule has 1 fully saturated rings. The average molecular weight is 301 g/mol. The molecule has 0 atom stereocenters. The van der Waals surface area contributed by atoms with E-state index in [2.05, 4.69) is 32.8 Å². The number of benzene rings is 1. The third-order valence-corrected chi connectivity index (χ3v) is 3.94. The Morgan fingerprint density at radius 3 is 2.59 bits per heavy atom. The van der Waals surface area contributed by atoms with Gasteiger partial charge in [-0.1, -0.05) is 6.07 Å². The summed E-state index contributed by atoms with van der Waals surface area (Å²) in [6.07, 6.45) is 0.925. The lowest BCUT2D eigenvalue weighted by Crippen LogP contribution is -2.45. The van der Waals surface area contributed by atoms with Crippen molar-refractivity contribution in [1.82, 2.24) is 9.80 Å². The van der Waals surface area contributed by atoms with Crippen LogP contribution >= 0.6 is 15.9 Å². The Labute approximate surface area is 111 Å². The minimum absolute atomic E-state index is 0.166. The largest absolute Gasteiger partial charge is 0.304 e. The zero-order valence-electron chi connectivity index (χ0n) is 10.1. The highest BCUT2D eigenvalue weighted by atomic mass is 79.9. The molecule has 2 rings (SSSR count). The Balaban J connectivity index is 1.83. The highest BCUT2D eigenvalue weighted by molar-refractivity contribution is 9.10. The molecule has 1 aliphatic heterocycles. The van der Waals surface area contributed by atoms with E-state index in [9.17, 15) is 4.39 Å². The summed E-state index contributed by atoms with van der Waals surface area (Å²) in [5.74, 6) is -0.166. The fourth-order valence-corrected chi connectivity index (χ4v) is 2.30. The maximum atomic E-state index is 13.3. The van der Waals surface area contributed by atoms with Crippen molar-refractivity contribution in [2.75, 3.05) is 39.8 Å². The number of likely N-dealkylation sites (N-methyl/N-ethyl adjacent to an activating group) is 1. The molecule has 17 heavy (non-hydrogen) atoms. The first-order valence-corrected chi connectivity index (χ1v) is 6.79. The normalized spacial score (nSPS) is 18.5. The van der Waals surface area contributed by atoms with E-state index >= 15 is 0 Å². The predicted octanol–water partition coefficient (Wildman–Crippen LogP) is 2.38. The molecule has 0 saturated carbocycles. The highest BCUT2D eigenvalue weighted by Crippen LogP contribution is 2.16. The molecule has 0 spiro atoms. The number of nitrogens with zero attached hydrogens (tertiary/aromatic N) is 2. The van der Waals surface area contributed by atoms with Crippen LogP contribution in [-0.2, 0) is 6.42 Å². The summed E-state index contributed by atoms with van der Waals surface area (Å²) in [4.78, 5) is 4.79. The molecule has 94 valence electrons. The topological polar surface area (TPSA) is 6.48 Å². The van der Waals surface area contributed by atoms with E-state index in [4.69, 9.17) is 0 Å². The van der Waals surface area contributed by atoms with Crippen molar-refractivity contribution in [3.63, 3.8) is 0 Å². The number of hydrogen-bond donors (Lipinski definition) is 0. The summed E-state index contributed by atoms with van der Waals surface area (Å²) in [6.45, 7) is 5.53. The van der Waals surface area contributed by atoms with Crippen LogP contribution in [0.4, 0.5) is 4.39 Å². The molecule has 0 aromatic heterocycles. The molecule has 0 aliphatic carbocycles. The summed E-state index contributed by atoms with van der Waals surface area (Å²) in [5.41, 5.74) is 1.07. The number of hydrogen-bond acceptors (Lipinski definition) is 2. The van der Waals surface area contributed by atoms with Gasteiger partial charge in [-0.15, -0.1) is 0 Å². The molecular weight excluding hydrogens is 283 g/mol. The van der Waals surface area contributed by atoms with Crippen molar-refractivity contribution in [2.45, 2.75) is 6.42 Å². The zero-order chi connectivity index (χ0) is 12.3. The smallest absolute Gasteiger partial charge is 0.137 e. The maximum absolute atomic E-state index is 13.3. The van der Waals surface area contributed by atoms with Crippen LogP contribution in [0, 0.1) is 5.82 Å². The van der Waals surface area contributed by atoms with E-state index < -0.39 is 0 Å². The van der Waals surface area contributed by atoms with Crippen LogP contribution in [0.3, 0.4) is 0 Å². The summed E-state index contributed by atoms with van der Waals surface area (Å²) < 4.78 is 13.9. The fraction of sp³-hybridized carbons (Fsp3) is 0.538. The number of halogens is 2. The molecule has 0 N–H and O–H groups in total. The van der Waals surface area contributed by atoms with Crippen molar-refractivity contribution in [3.8, 4) is 0 Å².